The molecule has 104 valence electrons. The standard InChI is InChI=1S/C13H18ClN3O2/c1-17(2)13(5-3-6-13)8-16-11-10(14)9(12(18)19)4-7-15-11/h4,7H,3,5-6,8H2,1-2H3,(H,15,16)(H,18,19). The number of rotatable bonds is 5. The van der Waals surface area contributed by atoms with E-state index < -0.39 is 5.97 Å². The van der Waals surface area contributed by atoms with Gasteiger partial charge in [-0.2, -0.15) is 0 Å². The molecule has 0 aliphatic heterocycles. The molecule has 2 N–H and O–H groups in total. The number of aromatic nitrogens is 1. The Labute approximate surface area is 117 Å². The number of hydrogen-bond donors (Lipinski definition) is 2. The maximum absolute atomic E-state index is 11.0. The maximum atomic E-state index is 11.0. The van der Waals surface area contributed by atoms with E-state index in [-0.39, 0.29) is 16.1 Å². The summed E-state index contributed by atoms with van der Waals surface area (Å²) in [6, 6.07) is 1.40. The van der Waals surface area contributed by atoms with Crippen LogP contribution in [0.5, 0.6) is 0 Å². The second-order valence-electron chi connectivity index (χ2n) is 5.15. The van der Waals surface area contributed by atoms with Crippen LogP contribution in [0.25, 0.3) is 0 Å². The van der Waals surface area contributed by atoms with Crippen LogP contribution < -0.4 is 5.32 Å². The van der Waals surface area contributed by atoms with E-state index in [2.05, 4.69) is 29.3 Å². The van der Waals surface area contributed by atoms with E-state index in [9.17, 15) is 4.79 Å². The molecule has 19 heavy (non-hydrogen) atoms. The van der Waals surface area contributed by atoms with Crippen LogP contribution in [0.1, 0.15) is 29.6 Å². The smallest absolute Gasteiger partial charge is 0.337 e. The normalized spacial score (nSPS) is 17.1. The quantitative estimate of drug-likeness (QED) is 0.868. The monoisotopic (exact) mass is 283 g/mol. The summed E-state index contributed by atoms with van der Waals surface area (Å²) in [4.78, 5) is 17.3. The SMILES string of the molecule is CN(C)C1(CNc2nccc(C(=O)O)c2Cl)CCC1. The fourth-order valence-corrected chi connectivity index (χ4v) is 2.61. The van der Waals surface area contributed by atoms with Gasteiger partial charge in [0.1, 0.15) is 5.82 Å². The number of halogens is 1. The third-order valence-corrected chi connectivity index (χ3v) is 4.32. The van der Waals surface area contributed by atoms with Crippen LogP contribution in [0.2, 0.25) is 5.02 Å². The summed E-state index contributed by atoms with van der Waals surface area (Å²) in [6.45, 7) is 0.718. The van der Waals surface area contributed by atoms with Crippen molar-refractivity contribution in [3.8, 4) is 0 Å². The second-order valence-corrected chi connectivity index (χ2v) is 5.53. The lowest BCUT2D eigenvalue weighted by Crippen LogP contribution is -2.54. The lowest BCUT2D eigenvalue weighted by Gasteiger charge is -2.47. The van der Waals surface area contributed by atoms with Crippen LogP contribution in [0.3, 0.4) is 0 Å². The van der Waals surface area contributed by atoms with Gasteiger partial charge in [-0.25, -0.2) is 9.78 Å². The van der Waals surface area contributed by atoms with Crippen molar-refractivity contribution in [3.63, 3.8) is 0 Å². The molecule has 1 aliphatic rings. The molecule has 1 heterocycles. The Morgan fingerprint density at radius 1 is 1.58 bits per heavy atom. The summed E-state index contributed by atoms with van der Waals surface area (Å²) < 4.78 is 0. The molecule has 0 spiro atoms. The summed E-state index contributed by atoms with van der Waals surface area (Å²) >= 11 is 6.05. The number of aromatic carboxylic acids is 1. The van der Waals surface area contributed by atoms with Crippen molar-refractivity contribution in [2.75, 3.05) is 26.0 Å². The number of carboxylic acids is 1. The van der Waals surface area contributed by atoms with Gasteiger partial charge in [-0.3, -0.25) is 0 Å². The van der Waals surface area contributed by atoms with Gasteiger partial charge in [0.25, 0.3) is 0 Å². The van der Waals surface area contributed by atoms with Crippen molar-refractivity contribution in [1.29, 1.82) is 0 Å². The highest BCUT2D eigenvalue weighted by molar-refractivity contribution is 6.35. The van der Waals surface area contributed by atoms with E-state index in [1.165, 1.54) is 18.7 Å². The molecule has 0 atom stereocenters. The molecule has 0 radical (unpaired) electrons. The van der Waals surface area contributed by atoms with Gasteiger partial charge in [0.2, 0.25) is 0 Å². The predicted octanol–water partition coefficient (Wildman–Crippen LogP) is 2.33. The highest BCUT2D eigenvalue weighted by atomic mass is 35.5. The Balaban J connectivity index is 2.12. The van der Waals surface area contributed by atoms with Gasteiger partial charge in [-0.15, -0.1) is 0 Å². The fraction of sp³-hybridized carbons (Fsp3) is 0.538. The highest BCUT2D eigenvalue weighted by Crippen LogP contribution is 2.36. The van der Waals surface area contributed by atoms with Crippen molar-refractivity contribution >= 4 is 23.4 Å². The average Bonchev–Trinajstić information content (AvgIpc) is 2.28. The minimum atomic E-state index is -1.04. The highest BCUT2D eigenvalue weighted by Gasteiger charge is 2.38. The number of nitrogens with zero attached hydrogens (tertiary/aromatic N) is 2. The van der Waals surface area contributed by atoms with Gasteiger partial charge in [0.05, 0.1) is 10.6 Å². The molecule has 1 aliphatic carbocycles. The number of carbonyl (C=O) groups is 1. The van der Waals surface area contributed by atoms with Crippen molar-refractivity contribution in [2.24, 2.45) is 0 Å². The first-order chi connectivity index (χ1) is 8.96. The Morgan fingerprint density at radius 3 is 2.74 bits per heavy atom. The molecule has 0 aromatic carbocycles. The maximum Gasteiger partial charge on any atom is 0.337 e. The van der Waals surface area contributed by atoms with E-state index in [1.54, 1.807) is 0 Å². The van der Waals surface area contributed by atoms with Gasteiger partial charge in [-0.1, -0.05) is 11.6 Å². The Hall–Kier alpha value is -1.33. The molecule has 2 rings (SSSR count). The summed E-state index contributed by atoms with van der Waals surface area (Å²) in [5, 5.41) is 12.4. The third-order valence-electron chi connectivity index (χ3n) is 3.94. The van der Waals surface area contributed by atoms with Gasteiger partial charge in [-0.05, 0) is 39.4 Å². The van der Waals surface area contributed by atoms with Crippen molar-refractivity contribution in [1.82, 2.24) is 9.88 Å². The van der Waals surface area contributed by atoms with E-state index in [0.29, 0.717) is 5.82 Å². The van der Waals surface area contributed by atoms with Crippen LogP contribution in [-0.2, 0) is 0 Å². The molecular formula is C13H18ClN3O2. The summed E-state index contributed by atoms with van der Waals surface area (Å²) in [5.74, 6) is -0.601. The van der Waals surface area contributed by atoms with Gasteiger partial charge >= 0.3 is 5.97 Å². The lowest BCUT2D eigenvalue weighted by atomic mass is 9.75. The Bertz CT molecular complexity index is 487. The van der Waals surface area contributed by atoms with Gasteiger partial charge in [0.15, 0.2) is 0 Å². The molecule has 0 amide bonds. The summed E-state index contributed by atoms with van der Waals surface area (Å²) in [7, 11) is 4.12. The van der Waals surface area contributed by atoms with Crippen LogP contribution in [0.4, 0.5) is 5.82 Å². The van der Waals surface area contributed by atoms with Gasteiger partial charge < -0.3 is 15.3 Å². The molecule has 1 fully saturated rings. The first-order valence-corrected chi connectivity index (χ1v) is 6.63. The molecule has 1 aromatic rings. The molecular weight excluding hydrogens is 266 g/mol. The Morgan fingerprint density at radius 2 is 2.26 bits per heavy atom. The molecule has 0 bridgehead atoms. The largest absolute Gasteiger partial charge is 0.478 e. The molecule has 1 saturated carbocycles. The zero-order valence-corrected chi connectivity index (χ0v) is 11.9. The topological polar surface area (TPSA) is 65.5 Å². The molecule has 6 heteroatoms. The van der Waals surface area contributed by atoms with E-state index in [4.69, 9.17) is 16.7 Å². The van der Waals surface area contributed by atoms with Crippen molar-refractivity contribution < 1.29 is 9.90 Å². The van der Waals surface area contributed by atoms with E-state index in [0.717, 1.165) is 19.4 Å². The van der Waals surface area contributed by atoms with Crippen molar-refractivity contribution in [2.45, 2.75) is 24.8 Å². The fourth-order valence-electron chi connectivity index (χ4n) is 2.35. The van der Waals surface area contributed by atoms with Crippen LogP contribution in [0, 0.1) is 0 Å². The van der Waals surface area contributed by atoms with Gasteiger partial charge in [0, 0.05) is 18.3 Å². The second kappa shape index (κ2) is 5.35. The molecule has 1 aromatic heterocycles. The average molecular weight is 284 g/mol. The minimum absolute atomic E-state index is 0.0756. The van der Waals surface area contributed by atoms with Crippen LogP contribution in [-0.4, -0.2) is 47.1 Å². The lowest BCUT2D eigenvalue weighted by molar-refractivity contribution is 0.0697. The van der Waals surface area contributed by atoms with E-state index >= 15 is 0 Å². The minimum Gasteiger partial charge on any atom is -0.478 e. The third kappa shape index (κ3) is 2.67. The summed E-state index contributed by atoms with van der Waals surface area (Å²) in [5.41, 5.74) is 0.205. The molecule has 0 saturated heterocycles. The Kier molecular flexibility index (Phi) is 3.96. The number of anilines is 1. The number of nitrogens with one attached hydrogen (secondary N) is 1. The zero-order chi connectivity index (χ0) is 14.0. The zero-order valence-electron chi connectivity index (χ0n) is 11.1. The first kappa shape index (κ1) is 14.1. The van der Waals surface area contributed by atoms with Crippen molar-refractivity contribution in [3.05, 3.63) is 22.8 Å². The molecule has 0 unspecified atom stereocenters. The van der Waals surface area contributed by atoms with E-state index in [1.807, 2.05) is 0 Å². The summed E-state index contributed by atoms with van der Waals surface area (Å²) in [6.07, 6.45) is 4.93. The van der Waals surface area contributed by atoms with Crippen LogP contribution in [0.15, 0.2) is 12.3 Å². The number of likely N-dealkylation sites (N-methyl/N-ethyl adjacent to an activating group) is 1. The predicted molar refractivity (Wildman–Crippen MR) is 75.0 cm³/mol. The van der Waals surface area contributed by atoms with Crippen LogP contribution >= 0.6 is 11.6 Å². The molecule has 5 nitrogen and oxygen atoms in total. The first-order valence-electron chi connectivity index (χ1n) is 6.25. The number of hydrogen-bond acceptors (Lipinski definition) is 4. The number of carboxylic acid groups (broad SMARTS) is 1. The number of pyridine rings is 1.